The van der Waals surface area contributed by atoms with E-state index in [1.54, 1.807) is 36.3 Å². The Kier molecular flexibility index (Phi) is 7.36. The summed E-state index contributed by atoms with van der Waals surface area (Å²) in [5, 5.41) is 3.00. The van der Waals surface area contributed by atoms with Gasteiger partial charge in [-0.2, -0.15) is 13.2 Å². The van der Waals surface area contributed by atoms with Crippen LogP contribution in [0.4, 0.5) is 24.5 Å². The average Bonchev–Trinajstić information content (AvgIpc) is 2.76. The molecule has 0 bridgehead atoms. The minimum atomic E-state index is -4.24. The average molecular weight is 440 g/mol. The standard InChI is InChI=1S/C21H24F3N3O2S/c1-29-17-8-6-16(7-9-17)26-10-12-27(13-11-26)20(28)14-25-18-4-2-3-5-19(18)30-15-21(22,23)24/h2-9,25H,10-15H2,1H3. The van der Waals surface area contributed by atoms with Crippen molar-refractivity contribution in [3.63, 3.8) is 0 Å². The first-order valence-corrected chi connectivity index (χ1v) is 10.5. The first kappa shape index (κ1) is 22.1. The maximum absolute atomic E-state index is 12.6. The number of para-hydroxylation sites is 1. The number of benzene rings is 2. The molecule has 9 heteroatoms. The molecular weight excluding hydrogens is 415 g/mol. The zero-order chi connectivity index (χ0) is 21.6. The summed E-state index contributed by atoms with van der Waals surface area (Å²) in [7, 11) is 1.63. The second-order valence-electron chi connectivity index (χ2n) is 6.82. The number of anilines is 2. The second kappa shape index (κ2) is 9.97. The molecule has 1 fully saturated rings. The number of thioether (sulfide) groups is 1. The fourth-order valence-electron chi connectivity index (χ4n) is 3.19. The van der Waals surface area contributed by atoms with E-state index in [2.05, 4.69) is 10.2 Å². The van der Waals surface area contributed by atoms with Crippen molar-refractivity contribution in [3.8, 4) is 5.75 Å². The molecule has 1 amide bonds. The maximum atomic E-state index is 12.6. The van der Waals surface area contributed by atoms with Crippen LogP contribution in [-0.4, -0.2) is 62.6 Å². The molecule has 2 aromatic carbocycles. The Hall–Kier alpha value is -2.55. The highest BCUT2D eigenvalue weighted by molar-refractivity contribution is 7.99. The van der Waals surface area contributed by atoms with Gasteiger partial charge in [0.2, 0.25) is 5.91 Å². The minimum absolute atomic E-state index is 0.0477. The quantitative estimate of drug-likeness (QED) is 0.658. The van der Waals surface area contributed by atoms with Gasteiger partial charge >= 0.3 is 6.18 Å². The predicted octanol–water partition coefficient (Wildman–Crippen LogP) is 4.11. The summed E-state index contributed by atoms with van der Waals surface area (Å²) in [6.07, 6.45) is -4.24. The van der Waals surface area contributed by atoms with Crippen LogP contribution in [0.1, 0.15) is 0 Å². The molecule has 3 rings (SSSR count). The van der Waals surface area contributed by atoms with E-state index in [1.165, 1.54) is 0 Å². The van der Waals surface area contributed by atoms with Crippen molar-refractivity contribution < 1.29 is 22.7 Å². The Morgan fingerprint density at radius 3 is 2.37 bits per heavy atom. The van der Waals surface area contributed by atoms with Gasteiger partial charge in [0.15, 0.2) is 0 Å². The van der Waals surface area contributed by atoms with E-state index < -0.39 is 11.9 Å². The van der Waals surface area contributed by atoms with Gasteiger partial charge in [0.25, 0.3) is 0 Å². The number of alkyl halides is 3. The molecule has 0 atom stereocenters. The lowest BCUT2D eigenvalue weighted by Crippen LogP contribution is -2.50. The van der Waals surface area contributed by atoms with Crippen molar-refractivity contribution in [1.29, 1.82) is 0 Å². The maximum Gasteiger partial charge on any atom is 0.398 e. The van der Waals surface area contributed by atoms with Crippen molar-refractivity contribution in [2.75, 3.05) is 55.8 Å². The fourth-order valence-corrected chi connectivity index (χ4v) is 3.98. The third-order valence-corrected chi connectivity index (χ3v) is 5.92. The zero-order valence-electron chi connectivity index (χ0n) is 16.6. The molecule has 1 heterocycles. The van der Waals surface area contributed by atoms with Crippen LogP contribution in [0.25, 0.3) is 0 Å². The van der Waals surface area contributed by atoms with Crippen molar-refractivity contribution in [1.82, 2.24) is 4.90 Å². The minimum Gasteiger partial charge on any atom is -0.497 e. The highest BCUT2D eigenvalue weighted by Crippen LogP contribution is 2.32. The summed E-state index contributed by atoms with van der Waals surface area (Å²) in [4.78, 5) is 17.0. The molecule has 0 aromatic heterocycles. The molecule has 1 aliphatic rings. The van der Waals surface area contributed by atoms with E-state index >= 15 is 0 Å². The monoisotopic (exact) mass is 439 g/mol. The van der Waals surface area contributed by atoms with E-state index in [0.717, 1.165) is 24.5 Å². The Balaban J connectivity index is 1.49. The van der Waals surface area contributed by atoms with Crippen LogP contribution in [0.3, 0.4) is 0 Å². The van der Waals surface area contributed by atoms with Gasteiger partial charge in [0.05, 0.1) is 19.4 Å². The number of nitrogens with one attached hydrogen (secondary N) is 1. The molecule has 0 spiro atoms. The molecule has 162 valence electrons. The molecule has 1 saturated heterocycles. The molecule has 1 N–H and O–H groups in total. The topological polar surface area (TPSA) is 44.8 Å². The summed E-state index contributed by atoms with van der Waals surface area (Å²) in [5.41, 5.74) is 1.62. The van der Waals surface area contributed by atoms with Gasteiger partial charge in [0, 0.05) is 42.4 Å². The third kappa shape index (κ3) is 6.22. The molecule has 0 saturated carbocycles. The summed E-state index contributed by atoms with van der Waals surface area (Å²) in [6, 6.07) is 14.5. The second-order valence-corrected chi connectivity index (χ2v) is 7.84. The smallest absolute Gasteiger partial charge is 0.398 e. The van der Waals surface area contributed by atoms with Crippen molar-refractivity contribution in [3.05, 3.63) is 48.5 Å². The molecule has 0 unspecified atom stereocenters. The number of carbonyl (C=O) groups is 1. The van der Waals surface area contributed by atoms with Gasteiger partial charge in [-0.25, -0.2) is 0 Å². The van der Waals surface area contributed by atoms with Crippen LogP contribution in [-0.2, 0) is 4.79 Å². The van der Waals surface area contributed by atoms with Crippen LogP contribution in [0.15, 0.2) is 53.4 Å². The number of carbonyl (C=O) groups excluding carboxylic acids is 1. The molecule has 5 nitrogen and oxygen atoms in total. The summed E-state index contributed by atoms with van der Waals surface area (Å²) in [6.45, 7) is 2.67. The lowest BCUT2D eigenvalue weighted by atomic mass is 10.2. The van der Waals surface area contributed by atoms with E-state index in [1.807, 2.05) is 24.3 Å². The van der Waals surface area contributed by atoms with Gasteiger partial charge < -0.3 is 19.9 Å². The Labute approximate surface area is 178 Å². The first-order valence-electron chi connectivity index (χ1n) is 9.55. The van der Waals surface area contributed by atoms with Crippen LogP contribution in [0.2, 0.25) is 0 Å². The highest BCUT2D eigenvalue weighted by Gasteiger charge is 2.28. The SMILES string of the molecule is COc1ccc(N2CCN(C(=O)CNc3ccccc3SCC(F)(F)F)CC2)cc1. The van der Waals surface area contributed by atoms with E-state index in [0.29, 0.717) is 35.4 Å². The van der Waals surface area contributed by atoms with Crippen LogP contribution in [0, 0.1) is 0 Å². The number of piperazine rings is 1. The van der Waals surface area contributed by atoms with Crippen LogP contribution >= 0.6 is 11.8 Å². The molecule has 0 radical (unpaired) electrons. The van der Waals surface area contributed by atoms with E-state index in [4.69, 9.17) is 4.74 Å². The van der Waals surface area contributed by atoms with E-state index in [-0.39, 0.29) is 12.5 Å². The lowest BCUT2D eigenvalue weighted by molar-refractivity contribution is -0.129. The number of rotatable bonds is 7. The molecular formula is C21H24F3N3O2S. The lowest BCUT2D eigenvalue weighted by Gasteiger charge is -2.36. The van der Waals surface area contributed by atoms with Gasteiger partial charge in [-0.3, -0.25) is 4.79 Å². The number of nitrogens with zero attached hydrogens (tertiary/aromatic N) is 2. The third-order valence-electron chi connectivity index (χ3n) is 4.78. The van der Waals surface area contributed by atoms with Crippen molar-refractivity contribution in [2.45, 2.75) is 11.1 Å². The summed E-state index contributed by atoms with van der Waals surface area (Å²) in [5.74, 6) is -0.236. The molecule has 1 aliphatic heterocycles. The van der Waals surface area contributed by atoms with Crippen LogP contribution in [0.5, 0.6) is 5.75 Å². The van der Waals surface area contributed by atoms with Gasteiger partial charge in [-0.1, -0.05) is 12.1 Å². The van der Waals surface area contributed by atoms with Crippen LogP contribution < -0.4 is 15.0 Å². The van der Waals surface area contributed by atoms with Gasteiger partial charge in [-0.05, 0) is 36.4 Å². The molecule has 0 aliphatic carbocycles. The number of ether oxygens (including phenoxy) is 1. The van der Waals surface area contributed by atoms with Crippen molar-refractivity contribution in [2.24, 2.45) is 0 Å². The number of methoxy groups -OCH3 is 1. The van der Waals surface area contributed by atoms with Gasteiger partial charge in [0.1, 0.15) is 5.75 Å². The Morgan fingerprint density at radius 1 is 1.07 bits per heavy atom. The number of hydrogen-bond acceptors (Lipinski definition) is 5. The highest BCUT2D eigenvalue weighted by atomic mass is 32.2. The number of amides is 1. The summed E-state index contributed by atoms with van der Waals surface area (Å²) >= 11 is 0.714. The number of halogens is 3. The first-order chi connectivity index (χ1) is 14.4. The normalized spacial score (nSPS) is 14.5. The van der Waals surface area contributed by atoms with E-state index in [9.17, 15) is 18.0 Å². The van der Waals surface area contributed by atoms with Gasteiger partial charge in [-0.15, -0.1) is 11.8 Å². The fraction of sp³-hybridized carbons (Fsp3) is 0.381. The largest absolute Gasteiger partial charge is 0.497 e. The van der Waals surface area contributed by atoms with Crippen molar-refractivity contribution >= 4 is 29.0 Å². The summed E-state index contributed by atoms with van der Waals surface area (Å²) < 4.78 is 42.7. The molecule has 30 heavy (non-hydrogen) atoms. The number of hydrogen-bond donors (Lipinski definition) is 1. The Morgan fingerprint density at radius 2 is 1.73 bits per heavy atom. The Bertz CT molecular complexity index is 838. The predicted molar refractivity (Wildman–Crippen MR) is 113 cm³/mol. The zero-order valence-corrected chi connectivity index (χ0v) is 17.4. The molecule has 2 aromatic rings.